The van der Waals surface area contributed by atoms with E-state index in [9.17, 15) is 19.4 Å². The maximum absolute atomic E-state index is 12.5. The van der Waals surface area contributed by atoms with Crippen molar-refractivity contribution in [3.63, 3.8) is 0 Å². The van der Waals surface area contributed by atoms with Gasteiger partial charge in [0.15, 0.2) is 0 Å². The van der Waals surface area contributed by atoms with Gasteiger partial charge in [-0.25, -0.2) is 0 Å². The second-order valence-corrected chi connectivity index (χ2v) is 7.85. The number of aryl methyl sites for hydroxylation is 1. The molecule has 2 atom stereocenters. The minimum atomic E-state index is -3.59. The lowest BCUT2D eigenvalue weighted by Crippen LogP contribution is -2.16. The lowest BCUT2D eigenvalue weighted by Gasteiger charge is -2.18. The third kappa shape index (κ3) is 4.55. The first kappa shape index (κ1) is 16.5. The Morgan fingerprint density at radius 3 is 2.41 bits per heavy atom. The van der Waals surface area contributed by atoms with Gasteiger partial charge in [-0.05, 0) is 18.1 Å². The minimum absolute atomic E-state index is 0.00864. The summed E-state index contributed by atoms with van der Waals surface area (Å²) in [5, 5.41) is 9.37. The number of carboxylic acids is 1. The van der Waals surface area contributed by atoms with Crippen LogP contribution in [0.1, 0.15) is 22.6 Å². The topological polar surface area (TPSA) is 74.6 Å². The minimum Gasteiger partial charge on any atom is -0.481 e. The van der Waals surface area contributed by atoms with Crippen LogP contribution in [0, 0.1) is 6.92 Å². The molecule has 2 aromatic rings. The molecule has 5 heteroatoms. The summed E-state index contributed by atoms with van der Waals surface area (Å²) in [4.78, 5) is 21.7. The van der Waals surface area contributed by atoms with Crippen LogP contribution in [0.3, 0.4) is 0 Å². The van der Waals surface area contributed by atoms with Crippen LogP contribution in [0.5, 0.6) is 0 Å². The molecule has 0 aliphatic rings. The number of hydrogen-bond acceptors (Lipinski definition) is 2. The van der Waals surface area contributed by atoms with Gasteiger partial charge in [-0.1, -0.05) is 60.2 Å². The first-order valence-corrected chi connectivity index (χ1v) is 9.04. The van der Waals surface area contributed by atoms with Crippen LogP contribution in [0.4, 0.5) is 0 Å². The molecule has 0 saturated heterocycles. The quantitative estimate of drug-likeness (QED) is 0.798. The fourth-order valence-electron chi connectivity index (χ4n) is 2.46. The molecule has 0 aromatic heterocycles. The Kier molecular flexibility index (Phi) is 5.17. The van der Waals surface area contributed by atoms with Crippen LogP contribution >= 0.6 is 7.37 Å². The second kappa shape index (κ2) is 6.91. The van der Waals surface area contributed by atoms with Gasteiger partial charge >= 0.3 is 5.97 Å². The lowest BCUT2D eigenvalue weighted by molar-refractivity contribution is -0.138. The Morgan fingerprint density at radius 1 is 1.14 bits per heavy atom. The van der Waals surface area contributed by atoms with Gasteiger partial charge in [0.2, 0.25) is 7.37 Å². The van der Waals surface area contributed by atoms with Gasteiger partial charge < -0.3 is 10.00 Å². The fraction of sp³-hybridized carbons (Fsp3) is 0.235. The van der Waals surface area contributed by atoms with Gasteiger partial charge in [0.05, 0.1) is 5.92 Å². The second-order valence-electron chi connectivity index (χ2n) is 5.48. The van der Waals surface area contributed by atoms with Crippen molar-refractivity contribution in [3.05, 3.63) is 71.3 Å². The van der Waals surface area contributed by atoms with E-state index in [1.807, 2.05) is 25.1 Å². The number of rotatable bonds is 6. The molecule has 116 valence electrons. The van der Waals surface area contributed by atoms with Gasteiger partial charge in [0.25, 0.3) is 0 Å². The van der Waals surface area contributed by atoms with E-state index in [1.54, 1.807) is 36.4 Å². The van der Waals surface area contributed by atoms with Crippen LogP contribution in [-0.4, -0.2) is 22.1 Å². The highest BCUT2D eigenvalue weighted by Gasteiger charge is 2.30. The molecule has 22 heavy (non-hydrogen) atoms. The fourth-order valence-corrected chi connectivity index (χ4v) is 4.29. The van der Waals surface area contributed by atoms with Crippen LogP contribution in [-0.2, 0) is 15.5 Å². The highest BCUT2D eigenvalue weighted by Crippen LogP contribution is 2.48. The zero-order valence-corrected chi connectivity index (χ0v) is 13.2. The largest absolute Gasteiger partial charge is 0.481 e. The van der Waals surface area contributed by atoms with E-state index < -0.39 is 19.3 Å². The first-order valence-electron chi connectivity index (χ1n) is 7.01. The molecular formula is C17H19O4P. The number of carboxylic acid groups (broad SMARTS) is 1. The molecule has 0 saturated carbocycles. The molecule has 0 fully saturated rings. The van der Waals surface area contributed by atoms with Crippen LogP contribution in [0.2, 0.25) is 0 Å². The van der Waals surface area contributed by atoms with E-state index in [-0.39, 0.29) is 12.3 Å². The maximum Gasteiger partial charge on any atom is 0.311 e. The monoisotopic (exact) mass is 318 g/mol. The summed E-state index contributed by atoms with van der Waals surface area (Å²) < 4.78 is 12.5. The summed E-state index contributed by atoms with van der Waals surface area (Å²) >= 11 is 0. The molecule has 2 aromatic carbocycles. The molecular weight excluding hydrogens is 299 g/mol. The maximum atomic E-state index is 12.5. The van der Waals surface area contributed by atoms with Gasteiger partial charge in [0.1, 0.15) is 0 Å². The van der Waals surface area contributed by atoms with E-state index in [0.29, 0.717) is 5.56 Å². The molecule has 2 N–H and O–H groups in total. The van der Waals surface area contributed by atoms with Gasteiger partial charge in [0, 0.05) is 12.3 Å². The van der Waals surface area contributed by atoms with Crippen molar-refractivity contribution in [1.82, 2.24) is 0 Å². The standard InChI is InChI=1S/C17H19O4P/c1-13-6-5-7-14(10-13)11-22(20,21)12-16(17(18)19)15-8-3-2-4-9-15/h2-10,16H,11-12H2,1H3,(H,18,19)(H,20,21). The molecule has 0 aliphatic carbocycles. The summed E-state index contributed by atoms with van der Waals surface area (Å²) in [6, 6.07) is 16.0. The molecule has 2 rings (SSSR count). The van der Waals surface area contributed by atoms with Crippen molar-refractivity contribution in [2.45, 2.75) is 19.0 Å². The Balaban J connectivity index is 2.18. The van der Waals surface area contributed by atoms with E-state index in [2.05, 4.69) is 0 Å². The van der Waals surface area contributed by atoms with Crippen molar-refractivity contribution in [1.29, 1.82) is 0 Å². The normalized spacial score (nSPS) is 15.0. The van der Waals surface area contributed by atoms with E-state index in [1.165, 1.54) is 0 Å². The van der Waals surface area contributed by atoms with Crippen molar-refractivity contribution < 1.29 is 19.4 Å². The lowest BCUT2D eigenvalue weighted by atomic mass is 10.0. The number of aliphatic carboxylic acids is 1. The summed E-state index contributed by atoms with van der Waals surface area (Å²) in [7, 11) is -3.59. The zero-order chi connectivity index (χ0) is 16.2. The SMILES string of the molecule is Cc1cccc(CP(=O)(O)CC(C(=O)O)c2ccccc2)c1. The average molecular weight is 318 g/mol. The molecule has 0 amide bonds. The van der Waals surface area contributed by atoms with Crippen LogP contribution in [0.25, 0.3) is 0 Å². The third-order valence-corrected chi connectivity index (χ3v) is 5.28. The van der Waals surface area contributed by atoms with Crippen molar-refractivity contribution in [3.8, 4) is 0 Å². The van der Waals surface area contributed by atoms with E-state index in [4.69, 9.17) is 0 Å². The molecule has 0 radical (unpaired) electrons. The number of carbonyl (C=O) groups is 1. The molecule has 0 aliphatic heterocycles. The Morgan fingerprint density at radius 2 is 1.82 bits per heavy atom. The van der Waals surface area contributed by atoms with E-state index in [0.717, 1.165) is 11.1 Å². The predicted octanol–water partition coefficient (Wildman–Crippen LogP) is 3.63. The highest BCUT2D eigenvalue weighted by atomic mass is 31.2. The Bertz CT molecular complexity index is 697. The Hall–Kier alpha value is -1.90. The molecule has 0 spiro atoms. The van der Waals surface area contributed by atoms with E-state index >= 15 is 0 Å². The van der Waals surface area contributed by atoms with Crippen molar-refractivity contribution in [2.24, 2.45) is 0 Å². The molecule has 4 nitrogen and oxygen atoms in total. The smallest absolute Gasteiger partial charge is 0.311 e. The molecule has 0 bridgehead atoms. The van der Waals surface area contributed by atoms with Gasteiger partial charge in [-0.2, -0.15) is 0 Å². The third-order valence-electron chi connectivity index (χ3n) is 3.48. The molecule has 2 unspecified atom stereocenters. The van der Waals surface area contributed by atoms with Gasteiger partial charge in [-0.3, -0.25) is 9.36 Å². The molecule has 0 heterocycles. The summed E-state index contributed by atoms with van der Waals surface area (Å²) in [5.41, 5.74) is 2.31. The summed E-state index contributed by atoms with van der Waals surface area (Å²) in [5.74, 6) is -2.05. The predicted molar refractivity (Wildman–Crippen MR) is 86.4 cm³/mol. The summed E-state index contributed by atoms with van der Waals surface area (Å²) in [6.07, 6.45) is -0.272. The number of benzene rings is 2. The number of hydrogen-bond donors (Lipinski definition) is 2. The van der Waals surface area contributed by atoms with Gasteiger partial charge in [-0.15, -0.1) is 0 Å². The Labute approximate surface area is 129 Å². The van der Waals surface area contributed by atoms with Crippen molar-refractivity contribution >= 4 is 13.3 Å². The van der Waals surface area contributed by atoms with Crippen molar-refractivity contribution in [2.75, 3.05) is 6.16 Å². The van der Waals surface area contributed by atoms with Crippen LogP contribution in [0.15, 0.2) is 54.6 Å². The zero-order valence-electron chi connectivity index (χ0n) is 12.3. The summed E-state index contributed by atoms with van der Waals surface area (Å²) in [6.45, 7) is 1.91. The average Bonchev–Trinajstić information content (AvgIpc) is 2.45. The first-order chi connectivity index (χ1) is 10.4. The van der Waals surface area contributed by atoms with Crippen LogP contribution < -0.4 is 0 Å². The highest BCUT2D eigenvalue weighted by molar-refractivity contribution is 7.57.